The van der Waals surface area contributed by atoms with Crippen LogP contribution in [-0.4, -0.2) is 5.78 Å². The molecule has 3 aromatic rings. The Morgan fingerprint density at radius 2 is 1.66 bits per heavy atom. The second kappa shape index (κ2) is 10.2. The van der Waals surface area contributed by atoms with Crippen LogP contribution in [0.5, 0.6) is 5.75 Å². The van der Waals surface area contributed by atoms with Gasteiger partial charge in [0.25, 0.3) is 0 Å². The second-order valence-corrected chi connectivity index (χ2v) is 7.49. The van der Waals surface area contributed by atoms with Crippen molar-refractivity contribution in [1.29, 1.82) is 0 Å². The number of alkyl halides is 3. The molecule has 2 nitrogen and oxygen atoms in total. The number of halogens is 3. The number of Topliss-reactive ketones (excluding diaryl/α,β-unsaturated/α-hetero) is 1. The third kappa shape index (κ3) is 6.24. The number of ketones is 1. The Labute approximate surface area is 186 Å². The Hall–Kier alpha value is -3.52. The van der Waals surface area contributed by atoms with Gasteiger partial charge in [-0.25, -0.2) is 0 Å². The fourth-order valence-corrected chi connectivity index (χ4v) is 3.37. The summed E-state index contributed by atoms with van der Waals surface area (Å²) < 4.78 is 44.2. The molecule has 3 aromatic carbocycles. The normalized spacial score (nSPS) is 11.9. The number of hydrogen-bond acceptors (Lipinski definition) is 2. The highest BCUT2D eigenvalue weighted by atomic mass is 19.4. The fraction of sp³-hybridized carbons (Fsp3) is 0.222. The second-order valence-electron chi connectivity index (χ2n) is 7.49. The molecule has 0 saturated carbocycles. The summed E-state index contributed by atoms with van der Waals surface area (Å²) in [4.78, 5) is 11.5. The summed E-state index contributed by atoms with van der Waals surface area (Å²) in [6.07, 6.45) is -3.98. The minimum atomic E-state index is -4.35. The monoisotopic (exact) mass is 436 g/mol. The predicted octanol–water partition coefficient (Wildman–Crippen LogP) is 7.04. The number of carbonyl (C=O) groups excluding carboxylic acids is 1. The van der Waals surface area contributed by atoms with Crippen LogP contribution >= 0.6 is 0 Å². The lowest BCUT2D eigenvalue weighted by molar-refractivity contribution is -0.137. The molecule has 0 spiro atoms. The van der Waals surface area contributed by atoms with Crippen LogP contribution in [0.2, 0.25) is 0 Å². The fourth-order valence-electron chi connectivity index (χ4n) is 3.37. The van der Waals surface area contributed by atoms with Crippen molar-refractivity contribution in [2.75, 3.05) is 0 Å². The van der Waals surface area contributed by atoms with Gasteiger partial charge < -0.3 is 4.74 Å². The molecule has 164 valence electrons. The van der Waals surface area contributed by atoms with Crippen LogP contribution in [0.1, 0.15) is 42.9 Å². The highest BCUT2D eigenvalue weighted by molar-refractivity contribution is 5.77. The molecule has 0 saturated heterocycles. The van der Waals surface area contributed by atoms with Gasteiger partial charge in [0.15, 0.2) is 0 Å². The maximum Gasteiger partial charge on any atom is 0.416 e. The van der Waals surface area contributed by atoms with E-state index < -0.39 is 11.7 Å². The largest absolute Gasteiger partial charge is 0.489 e. The molecule has 0 aromatic heterocycles. The highest BCUT2D eigenvalue weighted by Crippen LogP contribution is 2.31. The first kappa shape index (κ1) is 23.1. The number of rotatable bonds is 7. The molecular weight excluding hydrogens is 413 g/mol. The number of carbonyl (C=O) groups is 1. The molecular formula is C27H23F3O2. The first-order valence-corrected chi connectivity index (χ1v) is 10.2. The molecule has 0 heterocycles. The van der Waals surface area contributed by atoms with E-state index in [0.29, 0.717) is 24.3 Å². The summed E-state index contributed by atoms with van der Waals surface area (Å²) in [5, 5.41) is 0. The predicted molar refractivity (Wildman–Crippen MR) is 119 cm³/mol. The topological polar surface area (TPSA) is 26.3 Å². The minimum absolute atomic E-state index is 0.0889. The Morgan fingerprint density at radius 1 is 0.969 bits per heavy atom. The van der Waals surface area contributed by atoms with E-state index in [-0.39, 0.29) is 11.7 Å². The Balaban J connectivity index is 1.67. The average molecular weight is 436 g/mol. The summed E-state index contributed by atoms with van der Waals surface area (Å²) in [6, 6.07) is 20.1. The third-order valence-electron chi connectivity index (χ3n) is 4.97. The van der Waals surface area contributed by atoms with Crippen molar-refractivity contribution in [2.24, 2.45) is 0 Å². The standard InChI is InChI=1S/C27H23F3O2/c1-3-5-23(16-19(2)31)22-10-14-26(15-11-22)32-18-20-6-4-7-24(17-20)21-8-12-25(13-9-21)27(28,29)30/h4,6-15,17,23H,16,18H2,1-2H3/t23-/m0/s1. The molecule has 0 amide bonds. The van der Waals surface area contributed by atoms with Crippen molar-refractivity contribution < 1.29 is 22.7 Å². The van der Waals surface area contributed by atoms with E-state index >= 15 is 0 Å². The van der Waals surface area contributed by atoms with Gasteiger partial charge in [0.1, 0.15) is 18.1 Å². The van der Waals surface area contributed by atoms with Crippen molar-refractivity contribution in [3.8, 4) is 28.7 Å². The maximum absolute atomic E-state index is 12.8. The maximum atomic E-state index is 12.8. The van der Waals surface area contributed by atoms with Gasteiger partial charge in [-0.15, -0.1) is 5.92 Å². The lowest BCUT2D eigenvalue weighted by Crippen LogP contribution is -2.04. The van der Waals surface area contributed by atoms with Crippen LogP contribution in [0.3, 0.4) is 0 Å². The van der Waals surface area contributed by atoms with Crippen LogP contribution < -0.4 is 4.74 Å². The van der Waals surface area contributed by atoms with E-state index in [0.717, 1.165) is 28.8 Å². The van der Waals surface area contributed by atoms with E-state index in [4.69, 9.17) is 4.74 Å². The molecule has 32 heavy (non-hydrogen) atoms. The van der Waals surface area contributed by atoms with E-state index in [2.05, 4.69) is 11.8 Å². The minimum Gasteiger partial charge on any atom is -0.489 e. The summed E-state index contributed by atoms with van der Waals surface area (Å²) in [5.41, 5.74) is 2.72. The van der Waals surface area contributed by atoms with Gasteiger partial charge in [0, 0.05) is 6.42 Å². The van der Waals surface area contributed by atoms with Gasteiger partial charge in [0.05, 0.1) is 11.5 Å². The van der Waals surface area contributed by atoms with Gasteiger partial charge >= 0.3 is 6.18 Å². The number of hydrogen-bond donors (Lipinski definition) is 0. The summed E-state index contributed by atoms with van der Waals surface area (Å²) in [7, 11) is 0. The molecule has 0 bridgehead atoms. The van der Waals surface area contributed by atoms with E-state index in [1.165, 1.54) is 12.1 Å². The Bertz CT molecular complexity index is 1120. The van der Waals surface area contributed by atoms with Crippen LogP contribution in [-0.2, 0) is 17.6 Å². The van der Waals surface area contributed by atoms with Gasteiger partial charge in [0.2, 0.25) is 0 Å². The van der Waals surface area contributed by atoms with E-state index in [9.17, 15) is 18.0 Å². The van der Waals surface area contributed by atoms with Gasteiger partial charge in [-0.05, 0) is 66.4 Å². The smallest absolute Gasteiger partial charge is 0.416 e. The summed E-state index contributed by atoms with van der Waals surface area (Å²) >= 11 is 0. The quantitative estimate of drug-likeness (QED) is 0.372. The zero-order chi connectivity index (χ0) is 23.1. The molecule has 0 fully saturated rings. The molecule has 5 heteroatoms. The lowest BCUT2D eigenvalue weighted by Gasteiger charge is -2.12. The van der Waals surface area contributed by atoms with Gasteiger partial charge in [-0.3, -0.25) is 4.79 Å². The molecule has 0 radical (unpaired) electrons. The molecule has 0 aliphatic carbocycles. The number of benzene rings is 3. The summed E-state index contributed by atoms with van der Waals surface area (Å²) in [6.45, 7) is 3.63. The van der Waals surface area contributed by atoms with Crippen molar-refractivity contribution >= 4 is 5.78 Å². The lowest BCUT2D eigenvalue weighted by atomic mass is 9.94. The van der Waals surface area contributed by atoms with E-state index in [1.54, 1.807) is 13.8 Å². The van der Waals surface area contributed by atoms with E-state index in [1.807, 2.05) is 48.5 Å². The van der Waals surface area contributed by atoms with Crippen molar-refractivity contribution in [2.45, 2.75) is 39.0 Å². The first-order valence-electron chi connectivity index (χ1n) is 10.2. The van der Waals surface area contributed by atoms with Gasteiger partial charge in [-0.1, -0.05) is 48.4 Å². The molecule has 0 unspecified atom stereocenters. The average Bonchev–Trinajstić information content (AvgIpc) is 2.77. The molecule has 0 aliphatic rings. The molecule has 0 N–H and O–H groups in total. The van der Waals surface area contributed by atoms with Crippen LogP contribution in [0.4, 0.5) is 13.2 Å². The Morgan fingerprint density at radius 3 is 2.25 bits per heavy atom. The van der Waals surface area contributed by atoms with Crippen molar-refractivity contribution in [3.05, 3.63) is 89.5 Å². The molecule has 1 atom stereocenters. The zero-order valence-corrected chi connectivity index (χ0v) is 17.9. The van der Waals surface area contributed by atoms with Crippen LogP contribution in [0.25, 0.3) is 11.1 Å². The molecule has 3 rings (SSSR count). The highest BCUT2D eigenvalue weighted by Gasteiger charge is 2.29. The third-order valence-corrected chi connectivity index (χ3v) is 4.97. The molecule has 0 aliphatic heterocycles. The van der Waals surface area contributed by atoms with Crippen molar-refractivity contribution in [3.63, 3.8) is 0 Å². The summed E-state index contributed by atoms with van der Waals surface area (Å²) in [5.74, 6) is 6.58. The SMILES string of the molecule is CC#C[C@@H](CC(C)=O)c1ccc(OCc2cccc(-c3ccc(C(F)(F)F)cc3)c2)cc1. The Kier molecular flexibility index (Phi) is 7.37. The number of ether oxygens (including phenoxy) is 1. The first-order chi connectivity index (χ1) is 15.3. The van der Waals surface area contributed by atoms with Gasteiger partial charge in [-0.2, -0.15) is 13.2 Å². The van der Waals surface area contributed by atoms with Crippen LogP contribution in [0, 0.1) is 11.8 Å². The zero-order valence-electron chi connectivity index (χ0n) is 17.9. The van der Waals surface area contributed by atoms with Crippen LogP contribution in [0.15, 0.2) is 72.8 Å². The van der Waals surface area contributed by atoms with Crippen molar-refractivity contribution in [1.82, 2.24) is 0 Å².